The van der Waals surface area contributed by atoms with Gasteiger partial charge in [0.05, 0.1) is 0 Å². The Labute approximate surface area is 74.7 Å². The van der Waals surface area contributed by atoms with Gasteiger partial charge in [0.25, 0.3) is 0 Å². The predicted octanol–water partition coefficient (Wildman–Crippen LogP) is 1.38. The molecule has 0 radical (unpaired) electrons. The molecular weight excluding hydrogens is 222 g/mol. The van der Waals surface area contributed by atoms with Crippen molar-refractivity contribution in [3.05, 3.63) is 0 Å². The fourth-order valence-corrected chi connectivity index (χ4v) is 7.91. The summed E-state index contributed by atoms with van der Waals surface area (Å²) < 4.78 is 26.9. The fourth-order valence-electron chi connectivity index (χ4n) is 0.700. The second-order valence-corrected chi connectivity index (χ2v) is 11.5. The molecule has 3 nitrogen and oxygen atoms in total. The molecule has 0 heterocycles. The van der Waals surface area contributed by atoms with Crippen molar-refractivity contribution in [2.24, 2.45) is 0 Å². The van der Waals surface area contributed by atoms with Crippen LogP contribution in [0.4, 0.5) is 0 Å². The minimum atomic E-state index is -3.16. The van der Waals surface area contributed by atoms with Crippen LogP contribution in [0.1, 0.15) is 20.8 Å². The van der Waals surface area contributed by atoms with Gasteiger partial charge in [0, 0.05) is 0 Å². The van der Waals surface area contributed by atoms with E-state index in [0.29, 0.717) is 0 Å². The summed E-state index contributed by atoms with van der Waals surface area (Å²) in [5.41, 5.74) is 0. The molecule has 5 heteroatoms. The van der Waals surface area contributed by atoms with Crippen LogP contribution in [0.3, 0.4) is 0 Å². The van der Waals surface area contributed by atoms with Gasteiger partial charge in [0.15, 0.2) is 0 Å². The third kappa shape index (κ3) is 4.89. The Balaban J connectivity index is 4.01. The molecule has 11 heavy (non-hydrogen) atoms. The van der Waals surface area contributed by atoms with E-state index in [1.807, 2.05) is 13.8 Å². The Kier molecular flexibility index (Phi) is 5.50. The van der Waals surface area contributed by atoms with Crippen molar-refractivity contribution in [3.8, 4) is 0 Å². The molecule has 0 rings (SSSR count). The van der Waals surface area contributed by atoms with Crippen LogP contribution in [0, 0.1) is 0 Å². The quantitative estimate of drug-likeness (QED) is 0.678. The second kappa shape index (κ2) is 5.24. The van der Waals surface area contributed by atoms with Crippen molar-refractivity contribution in [2.45, 2.75) is 30.7 Å². The molecular formula is C6H15GaO3S. The molecule has 0 saturated heterocycles. The Morgan fingerprint density at radius 1 is 1.18 bits per heavy atom. The predicted molar refractivity (Wildman–Crippen MR) is 47.3 cm³/mol. The zero-order valence-electron chi connectivity index (χ0n) is 7.33. The topological polar surface area (TPSA) is 43.4 Å². The summed E-state index contributed by atoms with van der Waals surface area (Å²) >= 11 is -1.87. The molecule has 0 aliphatic rings. The van der Waals surface area contributed by atoms with Crippen LogP contribution in [0.15, 0.2) is 0 Å². The molecule has 0 aliphatic carbocycles. The van der Waals surface area contributed by atoms with Crippen LogP contribution in [0.25, 0.3) is 0 Å². The molecule has 0 aromatic rings. The zero-order valence-corrected chi connectivity index (χ0v) is 10.6. The Hall–Kier alpha value is 0.546. The van der Waals surface area contributed by atoms with Gasteiger partial charge in [-0.2, -0.15) is 0 Å². The van der Waals surface area contributed by atoms with Crippen molar-refractivity contribution in [1.29, 1.82) is 0 Å². The van der Waals surface area contributed by atoms with Crippen molar-refractivity contribution in [2.75, 3.05) is 5.75 Å². The molecule has 0 atom stereocenters. The average Bonchev–Trinajstić information content (AvgIpc) is 2.00. The average molecular weight is 237 g/mol. The summed E-state index contributed by atoms with van der Waals surface area (Å²) in [5, 5.41) is 0. The monoisotopic (exact) mass is 236 g/mol. The molecule has 0 spiro atoms. The first-order valence-electron chi connectivity index (χ1n) is 3.96. The van der Waals surface area contributed by atoms with Gasteiger partial charge in [-0.3, -0.25) is 0 Å². The molecule has 66 valence electrons. The van der Waals surface area contributed by atoms with Gasteiger partial charge in [-0.15, -0.1) is 0 Å². The summed E-state index contributed by atoms with van der Waals surface area (Å²) in [6.45, 7) is 5.61. The number of hydrogen-bond acceptors (Lipinski definition) is 3. The Morgan fingerprint density at radius 3 is 1.91 bits per heavy atom. The van der Waals surface area contributed by atoms with Gasteiger partial charge < -0.3 is 0 Å². The number of hydrogen-bond donors (Lipinski definition) is 0. The third-order valence-corrected chi connectivity index (χ3v) is 10.2. The van der Waals surface area contributed by atoms with Crippen molar-refractivity contribution in [3.63, 3.8) is 0 Å². The molecule has 0 aromatic heterocycles. The van der Waals surface area contributed by atoms with Crippen LogP contribution in [-0.4, -0.2) is 30.8 Å². The summed E-state index contributed by atoms with van der Waals surface area (Å²) in [6.07, 6.45) is 0. The van der Waals surface area contributed by atoms with Gasteiger partial charge in [-0.05, 0) is 0 Å². The van der Waals surface area contributed by atoms with Gasteiger partial charge in [0.1, 0.15) is 0 Å². The fraction of sp³-hybridized carbons (Fsp3) is 1.00. The van der Waals surface area contributed by atoms with E-state index < -0.39 is 26.7 Å². The molecule has 0 unspecified atom stereocenters. The van der Waals surface area contributed by atoms with Gasteiger partial charge in [-0.1, -0.05) is 0 Å². The number of rotatable bonds is 5. The van der Waals surface area contributed by atoms with E-state index in [4.69, 9.17) is 2.98 Å². The van der Waals surface area contributed by atoms with Crippen LogP contribution in [0.2, 0.25) is 9.95 Å². The van der Waals surface area contributed by atoms with E-state index in [0.717, 1.165) is 9.95 Å². The van der Waals surface area contributed by atoms with Gasteiger partial charge in [-0.25, -0.2) is 0 Å². The second-order valence-electron chi connectivity index (χ2n) is 2.38. The standard InChI is InChI=1S/C2H6O3S.2C2H5.Ga/c1-2-6(3,4)5;2*1-2;/h2H2,1H3,(H,3,4,5);2*1H2,2H3;/q;;;+1/p-1. The molecule has 0 fully saturated rings. The van der Waals surface area contributed by atoms with E-state index in [1.165, 1.54) is 0 Å². The molecule has 0 aromatic carbocycles. The Bertz CT molecular complexity index is 184. The Morgan fingerprint density at radius 2 is 1.64 bits per heavy atom. The SMILES string of the molecule is C[CH2][Ga]([CH2]C)[O]S(=O)(=O)CC. The van der Waals surface area contributed by atoms with Crippen molar-refractivity contribution >= 4 is 26.7 Å². The van der Waals surface area contributed by atoms with E-state index in [9.17, 15) is 8.42 Å². The first-order chi connectivity index (χ1) is 5.05. The van der Waals surface area contributed by atoms with E-state index in [-0.39, 0.29) is 5.75 Å². The van der Waals surface area contributed by atoms with Crippen LogP contribution in [0.5, 0.6) is 0 Å². The van der Waals surface area contributed by atoms with Gasteiger partial charge >= 0.3 is 74.6 Å². The summed E-state index contributed by atoms with van der Waals surface area (Å²) in [6, 6.07) is 0. The molecule has 0 amide bonds. The minimum absolute atomic E-state index is 0.106. The van der Waals surface area contributed by atoms with Crippen molar-refractivity contribution < 1.29 is 11.4 Å². The van der Waals surface area contributed by atoms with Crippen molar-refractivity contribution in [1.82, 2.24) is 0 Å². The molecule has 0 bridgehead atoms. The van der Waals surface area contributed by atoms with Crippen LogP contribution < -0.4 is 0 Å². The normalized spacial score (nSPS) is 11.5. The third-order valence-electron chi connectivity index (χ3n) is 1.55. The molecule has 0 aliphatic heterocycles. The van der Waals surface area contributed by atoms with Gasteiger partial charge in [0.2, 0.25) is 0 Å². The summed E-state index contributed by atoms with van der Waals surface area (Å²) in [7, 11) is -3.16. The zero-order chi connectivity index (χ0) is 8.91. The van der Waals surface area contributed by atoms with E-state index in [2.05, 4.69) is 0 Å². The first kappa shape index (κ1) is 11.5. The maximum atomic E-state index is 11.0. The molecule has 0 saturated carbocycles. The summed E-state index contributed by atoms with van der Waals surface area (Å²) in [4.78, 5) is 1.87. The molecule has 0 N–H and O–H groups in total. The van der Waals surface area contributed by atoms with Crippen LogP contribution in [-0.2, 0) is 13.1 Å². The first-order valence-corrected chi connectivity index (χ1v) is 9.95. The maximum absolute atomic E-state index is 11.0. The van der Waals surface area contributed by atoms with Crippen LogP contribution >= 0.6 is 0 Å². The van der Waals surface area contributed by atoms with E-state index >= 15 is 0 Å². The summed E-state index contributed by atoms with van der Waals surface area (Å²) in [5.74, 6) is 0.106. The van der Waals surface area contributed by atoms with E-state index in [1.54, 1.807) is 6.92 Å².